The number of anilines is 2. The molecule has 2 N–H and O–H groups in total. The number of para-hydroxylation sites is 2. The second-order valence-electron chi connectivity index (χ2n) is 8.57. The fourth-order valence-corrected chi connectivity index (χ4v) is 4.32. The molecule has 184 valence electrons. The van der Waals surface area contributed by atoms with Crippen molar-refractivity contribution < 1.29 is 14.3 Å². The Bertz CT molecular complexity index is 1380. The number of amides is 2. The van der Waals surface area contributed by atoms with Gasteiger partial charge in [0.15, 0.2) is 0 Å². The van der Waals surface area contributed by atoms with E-state index in [-0.39, 0.29) is 17.6 Å². The molecule has 11 heteroatoms. The van der Waals surface area contributed by atoms with E-state index in [1.807, 2.05) is 29.2 Å². The van der Waals surface area contributed by atoms with E-state index in [1.54, 1.807) is 30.9 Å². The van der Waals surface area contributed by atoms with Crippen LogP contribution in [0.1, 0.15) is 29.2 Å². The first-order chi connectivity index (χ1) is 17.4. The maximum absolute atomic E-state index is 13.3. The number of aliphatic imine (C=N–C) groups is 1. The molecule has 1 aromatic carbocycles. The maximum atomic E-state index is 13.3. The highest BCUT2D eigenvalue weighted by Crippen LogP contribution is 2.33. The molecule has 4 heterocycles. The Hall–Kier alpha value is -4.54. The molecule has 0 saturated heterocycles. The number of ether oxygens (including phenoxy) is 1. The van der Waals surface area contributed by atoms with Crippen molar-refractivity contribution in [3.05, 3.63) is 60.7 Å². The third kappa shape index (κ3) is 4.54. The number of carbonyl (C=O) groups is 2. The number of hydrogen-bond acceptors (Lipinski definition) is 8. The third-order valence-electron chi connectivity index (χ3n) is 5.99. The molecule has 0 radical (unpaired) electrons. The zero-order chi connectivity index (χ0) is 25.2. The molecule has 0 aliphatic carbocycles. The van der Waals surface area contributed by atoms with Gasteiger partial charge in [0.1, 0.15) is 11.5 Å². The highest BCUT2D eigenvalue weighted by Gasteiger charge is 2.29. The number of benzene rings is 1. The lowest BCUT2D eigenvalue weighted by molar-refractivity contribution is -0.117. The minimum absolute atomic E-state index is 0.156. The molecular formula is C25H26N8O3. The van der Waals surface area contributed by atoms with Crippen LogP contribution >= 0.6 is 0 Å². The lowest BCUT2D eigenvalue weighted by Gasteiger charge is -2.26. The predicted octanol–water partition coefficient (Wildman–Crippen LogP) is 2.46. The molecule has 36 heavy (non-hydrogen) atoms. The summed E-state index contributed by atoms with van der Waals surface area (Å²) in [7, 11) is 1.78. The molecule has 1 atom stereocenters. The predicted molar refractivity (Wildman–Crippen MR) is 135 cm³/mol. The molecule has 11 nitrogen and oxygen atoms in total. The zero-order valence-corrected chi connectivity index (χ0v) is 20.1. The van der Waals surface area contributed by atoms with Gasteiger partial charge in [-0.25, -0.2) is 14.6 Å². The van der Waals surface area contributed by atoms with Crippen molar-refractivity contribution in [3.63, 3.8) is 0 Å². The quantitative estimate of drug-likeness (QED) is 0.529. The molecule has 2 aromatic heterocycles. The standard InChI is InChI=1S/C25H26N8O3/c1-4-22(34)29-16-8-7-11-36-24-17(13-26-32(24)3)19-12-20(28-15(2)27-19)23(35)31-25-30-18-9-5-6-10-21(18)33(25)14-16/h4-6,9-10,12-13,16H,1,7-8,11,14H2,2-3H3,(H,29,34)(H,30,31,35). The third-order valence-corrected chi connectivity index (χ3v) is 5.99. The van der Waals surface area contributed by atoms with Crippen molar-refractivity contribution in [2.24, 2.45) is 12.0 Å². The molecule has 2 bridgehead atoms. The Morgan fingerprint density at radius 1 is 1.28 bits per heavy atom. The summed E-state index contributed by atoms with van der Waals surface area (Å²) in [5.74, 6) is 0.544. The highest BCUT2D eigenvalue weighted by atomic mass is 16.5. The second kappa shape index (κ2) is 9.61. The first-order valence-corrected chi connectivity index (χ1v) is 11.6. The summed E-state index contributed by atoms with van der Waals surface area (Å²) < 4.78 is 7.71. The summed E-state index contributed by atoms with van der Waals surface area (Å²) in [6.45, 7) is 6.08. The maximum Gasteiger partial charge on any atom is 0.298 e. The van der Waals surface area contributed by atoms with Crippen LogP contribution in [0, 0.1) is 6.92 Å². The average molecular weight is 487 g/mol. The number of nitrogens with zero attached hydrogens (tertiary/aromatic N) is 6. The topological polar surface area (TPSA) is 127 Å². The highest BCUT2D eigenvalue weighted by molar-refractivity contribution is 6.19. The minimum Gasteiger partial charge on any atom is -0.477 e. The van der Waals surface area contributed by atoms with Crippen molar-refractivity contribution in [3.8, 4) is 17.1 Å². The largest absolute Gasteiger partial charge is 0.477 e. The van der Waals surface area contributed by atoms with E-state index in [1.165, 1.54) is 6.08 Å². The molecule has 1 unspecified atom stereocenters. The van der Waals surface area contributed by atoms with Crippen LogP contribution in [0.25, 0.3) is 11.3 Å². The first-order valence-electron chi connectivity index (χ1n) is 11.6. The summed E-state index contributed by atoms with van der Waals surface area (Å²) in [5, 5.41) is 10.5. The fraction of sp³-hybridized carbons (Fsp3) is 0.280. The summed E-state index contributed by atoms with van der Waals surface area (Å²) in [6, 6.07) is 9.01. The number of carbonyl (C=O) groups excluding carboxylic acids is 2. The van der Waals surface area contributed by atoms with Crippen LogP contribution in [-0.4, -0.2) is 56.7 Å². The number of rotatable bonds is 2. The average Bonchev–Trinajstić information content (AvgIpc) is 3.40. The minimum atomic E-state index is -0.519. The smallest absolute Gasteiger partial charge is 0.298 e. The van der Waals surface area contributed by atoms with Crippen LogP contribution < -0.4 is 20.3 Å². The van der Waals surface area contributed by atoms with Crippen LogP contribution in [0.3, 0.4) is 0 Å². The molecule has 0 fully saturated rings. The number of nitrogens with one attached hydrogen (secondary N) is 2. The number of aromatic nitrogens is 4. The van der Waals surface area contributed by atoms with E-state index < -0.39 is 5.91 Å². The SMILES string of the molecule is C=CC(=O)NC1CCCOc2c(cnn2C)-c2cc(nc(C)n2)C(=O)/N=C2\Nc3ccccc3N2C1. The molecule has 2 aliphatic heterocycles. The Morgan fingerprint density at radius 3 is 2.92 bits per heavy atom. The normalized spacial score (nSPS) is 18.7. The van der Waals surface area contributed by atoms with Gasteiger partial charge in [-0.15, -0.1) is 0 Å². The van der Waals surface area contributed by atoms with Gasteiger partial charge in [0, 0.05) is 19.6 Å². The van der Waals surface area contributed by atoms with E-state index in [0.29, 0.717) is 54.9 Å². The molecular weight excluding hydrogens is 460 g/mol. The summed E-state index contributed by atoms with van der Waals surface area (Å²) in [5.41, 5.74) is 3.02. The van der Waals surface area contributed by atoms with E-state index in [2.05, 4.69) is 37.3 Å². The van der Waals surface area contributed by atoms with Crippen LogP contribution in [0.5, 0.6) is 5.88 Å². The van der Waals surface area contributed by atoms with Crippen LogP contribution in [0.4, 0.5) is 11.4 Å². The molecule has 0 spiro atoms. The van der Waals surface area contributed by atoms with Crippen LogP contribution in [0.2, 0.25) is 0 Å². The van der Waals surface area contributed by atoms with Crippen LogP contribution in [0.15, 0.2) is 54.2 Å². The molecule has 5 rings (SSSR count). The molecule has 2 amide bonds. The van der Waals surface area contributed by atoms with Gasteiger partial charge >= 0.3 is 0 Å². The second-order valence-corrected chi connectivity index (χ2v) is 8.57. The fourth-order valence-electron chi connectivity index (χ4n) is 4.32. The summed E-state index contributed by atoms with van der Waals surface area (Å²) in [4.78, 5) is 40.6. The van der Waals surface area contributed by atoms with Crippen LogP contribution in [-0.2, 0) is 11.8 Å². The van der Waals surface area contributed by atoms with Gasteiger partial charge in [-0.05, 0) is 44.0 Å². The lowest BCUT2D eigenvalue weighted by atomic mass is 10.1. The Labute approximate surface area is 207 Å². The number of aryl methyl sites for hydroxylation is 2. The number of fused-ring (bicyclic) bond motifs is 7. The lowest BCUT2D eigenvalue weighted by Crippen LogP contribution is -2.45. The van der Waals surface area contributed by atoms with E-state index in [4.69, 9.17) is 4.74 Å². The van der Waals surface area contributed by atoms with Crippen molar-refractivity contribution in [2.75, 3.05) is 23.4 Å². The van der Waals surface area contributed by atoms with E-state index in [0.717, 1.165) is 11.4 Å². The Balaban J connectivity index is 1.59. The monoisotopic (exact) mass is 486 g/mol. The number of hydrogen-bond donors (Lipinski definition) is 2. The van der Waals surface area contributed by atoms with Gasteiger partial charge in [0.05, 0.1) is 35.4 Å². The van der Waals surface area contributed by atoms with E-state index >= 15 is 0 Å². The number of guanidine groups is 1. The van der Waals surface area contributed by atoms with Crippen molar-refractivity contribution in [2.45, 2.75) is 25.8 Å². The van der Waals surface area contributed by atoms with Gasteiger partial charge in [-0.1, -0.05) is 18.7 Å². The zero-order valence-electron chi connectivity index (χ0n) is 20.1. The summed E-state index contributed by atoms with van der Waals surface area (Å²) in [6.07, 6.45) is 4.18. The molecule has 2 aliphatic rings. The van der Waals surface area contributed by atoms with Crippen molar-refractivity contribution in [1.29, 1.82) is 0 Å². The van der Waals surface area contributed by atoms with Gasteiger partial charge in [-0.2, -0.15) is 10.1 Å². The van der Waals surface area contributed by atoms with Gasteiger partial charge < -0.3 is 20.3 Å². The Kier molecular flexibility index (Phi) is 6.19. The van der Waals surface area contributed by atoms with E-state index in [9.17, 15) is 9.59 Å². The Morgan fingerprint density at radius 2 is 2.08 bits per heavy atom. The summed E-state index contributed by atoms with van der Waals surface area (Å²) >= 11 is 0. The van der Waals surface area contributed by atoms with Gasteiger partial charge in [-0.3, -0.25) is 9.59 Å². The van der Waals surface area contributed by atoms with Crippen molar-refractivity contribution in [1.82, 2.24) is 25.1 Å². The molecule has 0 saturated carbocycles. The van der Waals surface area contributed by atoms with Gasteiger partial charge in [0.2, 0.25) is 17.7 Å². The van der Waals surface area contributed by atoms with Gasteiger partial charge in [0.25, 0.3) is 5.91 Å². The first kappa shape index (κ1) is 23.2. The van der Waals surface area contributed by atoms with Crippen molar-refractivity contribution >= 4 is 29.1 Å². The molecule has 3 aromatic rings.